The Labute approximate surface area is 174 Å². The highest BCUT2D eigenvalue weighted by atomic mass is 16.6. The molecule has 4 rings (SSSR count). The molecular weight excluding hydrogens is 386 g/mol. The molecule has 1 aliphatic carbocycles. The molecule has 1 saturated carbocycles. The summed E-state index contributed by atoms with van der Waals surface area (Å²) in [5, 5.41) is 14.5. The molecule has 2 aromatic carbocycles. The Morgan fingerprint density at radius 2 is 1.80 bits per heavy atom. The molecular formula is C22H23N3O5. The lowest BCUT2D eigenvalue weighted by Gasteiger charge is -2.31. The van der Waals surface area contributed by atoms with E-state index in [9.17, 15) is 19.7 Å². The molecule has 2 aliphatic rings. The molecule has 30 heavy (non-hydrogen) atoms. The van der Waals surface area contributed by atoms with E-state index in [1.807, 2.05) is 0 Å². The summed E-state index contributed by atoms with van der Waals surface area (Å²) in [6.45, 7) is 0. The topological polar surface area (TPSA) is 102 Å². The summed E-state index contributed by atoms with van der Waals surface area (Å²) in [5.41, 5.74) is -1.40. The normalized spacial score (nSPS) is 21.2. The third kappa shape index (κ3) is 3.18. The molecule has 8 nitrogen and oxygen atoms in total. The van der Waals surface area contributed by atoms with Crippen LogP contribution in [0.1, 0.15) is 37.7 Å². The van der Waals surface area contributed by atoms with E-state index in [1.54, 1.807) is 37.4 Å². The van der Waals surface area contributed by atoms with Crippen LogP contribution in [0.2, 0.25) is 0 Å². The zero-order valence-corrected chi connectivity index (χ0v) is 16.7. The number of benzene rings is 2. The second-order valence-electron chi connectivity index (χ2n) is 7.70. The van der Waals surface area contributed by atoms with Crippen LogP contribution in [0.25, 0.3) is 0 Å². The van der Waals surface area contributed by atoms with Gasteiger partial charge in [-0.2, -0.15) is 0 Å². The number of nitrogens with zero attached hydrogens (tertiary/aromatic N) is 2. The number of nitro groups is 1. The molecule has 0 aromatic heterocycles. The summed E-state index contributed by atoms with van der Waals surface area (Å²) in [7, 11) is 1.57. The molecule has 1 N–H and O–H groups in total. The van der Waals surface area contributed by atoms with E-state index >= 15 is 0 Å². The quantitative estimate of drug-likeness (QED) is 0.464. The lowest BCUT2D eigenvalue weighted by atomic mass is 9.91. The van der Waals surface area contributed by atoms with Crippen LogP contribution in [0, 0.1) is 10.1 Å². The van der Waals surface area contributed by atoms with Crippen LogP contribution in [0.15, 0.2) is 48.5 Å². The van der Waals surface area contributed by atoms with E-state index < -0.39 is 22.3 Å². The molecule has 2 aromatic rings. The number of carbonyl (C=O) groups excluding carboxylic acids is 2. The first-order valence-electron chi connectivity index (χ1n) is 10.1. The van der Waals surface area contributed by atoms with Crippen molar-refractivity contribution in [2.24, 2.45) is 0 Å². The number of nitro benzene ring substituents is 1. The van der Waals surface area contributed by atoms with E-state index in [0.29, 0.717) is 11.3 Å². The molecule has 8 heteroatoms. The van der Waals surface area contributed by atoms with Gasteiger partial charge in [-0.3, -0.25) is 19.7 Å². The zero-order valence-electron chi connectivity index (χ0n) is 16.7. The van der Waals surface area contributed by atoms with Crippen LogP contribution in [-0.4, -0.2) is 29.8 Å². The van der Waals surface area contributed by atoms with Crippen LogP contribution in [0.4, 0.5) is 11.4 Å². The lowest BCUT2D eigenvalue weighted by molar-refractivity contribution is -0.386. The molecule has 0 saturated heterocycles. The van der Waals surface area contributed by atoms with Crippen molar-refractivity contribution in [3.63, 3.8) is 0 Å². The molecule has 1 aliphatic heterocycles. The zero-order chi connectivity index (χ0) is 21.3. The standard InChI is InChI=1S/C22H23N3O5/c1-24-17-12-6-5-11-16(17)22(21(24)27,20(26)23-15-9-3-2-4-10-15)30-19-14-8-7-13-18(19)25(28)29/h5-8,11-15H,2-4,9-10H2,1H3,(H,23,26). The summed E-state index contributed by atoms with van der Waals surface area (Å²) in [6.07, 6.45) is 4.80. The van der Waals surface area contributed by atoms with Crippen LogP contribution < -0.4 is 15.0 Å². The van der Waals surface area contributed by atoms with Gasteiger partial charge in [-0.05, 0) is 25.0 Å². The molecule has 156 valence electrons. The van der Waals surface area contributed by atoms with E-state index in [2.05, 4.69) is 5.32 Å². The number of hydrogen-bond acceptors (Lipinski definition) is 5. The van der Waals surface area contributed by atoms with Crippen molar-refractivity contribution in [2.75, 3.05) is 11.9 Å². The first-order valence-corrected chi connectivity index (χ1v) is 10.1. The number of ether oxygens (including phenoxy) is 1. The van der Waals surface area contributed by atoms with E-state index in [4.69, 9.17) is 4.74 Å². The first-order chi connectivity index (χ1) is 14.4. The first kappa shape index (κ1) is 19.9. The maximum absolute atomic E-state index is 13.6. The van der Waals surface area contributed by atoms with Crippen molar-refractivity contribution in [1.82, 2.24) is 5.32 Å². The van der Waals surface area contributed by atoms with Crippen molar-refractivity contribution in [3.8, 4) is 5.75 Å². The number of para-hydroxylation sites is 3. The van der Waals surface area contributed by atoms with E-state index in [-0.39, 0.29) is 17.5 Å². The second-order valence-corrected chi connectivity index (χ2v) is 7.70. The third-order valence-electron chi connectivity index (χ3n) is 5.84. The Hall–Kier alpha value is -3.42. The second kappa shape index (κ2) is 7.78. The van der Waals surface area contributed by atoms with Crippen molar-refractivity contribution in [3.05, 3.63) is 64.2 Å². The SMILES string of the molecule is CN1C(=O)C(Oc2ccccc2[N+](=O)[O-])(C(=O)NC2CCCCC2)c2ccccc21. The molecule has 0 radical (unpaired) electrons. The van der Waals surface area contributed by atoms with Gasteiger partial charge in [-0.15, -0.1) is 0 Å². The fraction of sp³-hybridized carbons (Fsp3) is 0.364. The molecule has 0 bridgehead atoms. The molecule has 1 fully saturated rings. The number of fused-ring (bicyclic) bond motifs is 1. The van der Waals surface area contributed by atoms with Gasteiger partial charge < -0.3 is 15.0 Å². The Morgan fingerprint density at radius 1 is 1.13 bits per heavy atom. The summed E-state index contributed by atoms with van der Waals surface area (Å²) >= 11 is 0. The Morgan fingerprint density at radius 3 is 2.53 bits per heavy atom. The number of hydrogen-bond donors (Lipinski definition) is 1. The van der Waals surface area contributed by atoms with Gasteiger partial charge in [-0.25, -0.2) is 0 Å². The number of rotatable bonds is 5. The fourth-order valence-corrected chi connectivity index (χ4v) is 4.28. The van der Waals surface area contributed by atoms with Gasteiger partial charge in [0.2, 0.25) is 0 Å². The Bertz CT molecular complexity index is 1000. The minimum atomic E-state index is -2.02. The average molecular weight is 409 g/mol. The largest absolute Gasteiger partial charge is 0.455 e. The Kier molecular flexibility index (Phi) is 5.15. The molecule has 0 spiro atoms. The number of carbonyl (C=O) groups is 2. The summed E-state index contributed by atoms with van der Waals surface area (Å²) in [4.78, 5) is 39.3. The summed E-state index contributed by atoms with van der Waals surface area (Å²) < 4.78 is 6.02. The van der Waals surface area contributed by atoms with Gasteiger partial charge >= 0.3 is 5.69 Å². The van der Waals surface area contributed by atoms with Crippen molar-refractivity contribution in [2.45, 2.75) is 43.7 Å². The average Bonchev–Trinajstić information content (AvgIpc) is 2.97. The van der Waals surface area contributed by atoms with Gasteiger partial charge in [0.25, 0.3) is 17.4 Å². The highest BCUT2D eigenvalue weighted by Gasteiger charge is 2.59. The highest BCUT2D eigenvalue weighted by molar-refractivity contribution is 6.20. The summed E-state index contributed by atoms with van der Waals surface area (Å²) in [6, 6.07) is 12.6. The van der Waals surface area contributed by atoms with Gasteiger partial charge in [0.15, 0.2) is 5.75 Å². The Balaban J connectivity index is 1.81. The minimum Gasteiger partial charge on any atom is -0.455 e. The van der Waals surface area contributed by atoms with Crippen LogP contribution in [0.3, 0.4) is 0 Å². The van der Waals surface area contributed by atoms with Crippen molar-refractivity contribution in [1.29, 1.82) is 0 Å². The van der Waals surface area contributed by atoms with Crippen LogP contribution in [0.5, 0.6) is 5.75 Å². The van der Waals surface area contributed by atoms with Crippen molar-refractivity contribution < 1.29 is 19.2 Å². The maximum Gasteiger partial charge on any atom is 0.311 e. The molecule has 2 amide bonds. The van der Waals surface area contributed by atoms with Crippen LogP contribution >= 0.6 is 0 Å². The van der Waals surface area contributed by atoms with Gasteiger partial charge in [0, 0.05) is 24.7 Å². The third-order valence-corrected chi connectivity index (χ3v) is 5.84. The number of anilines is 1. The van der Waals surface area contributed by atoms with Gasteiger partial charge in [0.1, 0.15) is 0 Å². The van der Waals surface area contributed by atoms with E-state index in [0.717, 1.165) is 32.1 Å². The predicted molar refractivity (Wildman–Crippen MR) is 110 cm³/mol. The number of likely N-dealkylation sites (N-methyl/N-ethyl adjacent to an activating group) is 1. The van der Waals surface area contributed by atoms with Gasteiger partial charge in [0.05, 0.1) is 10.6 Å². The lowest BCUT2D eigenvalue weighted by Crippen LogP contribution is -2.57. The minimum absolute atomic E-state index is 0.0525. The predicted octanol–water partition coefficient (Wildman–Crippen LogP) is 3.29. The smallest absolute Gasteiger partial charge is 0.311 e. The maximum atomic E-state index is 13.6. The number of nitrogens with one attached hydrogen (secondary N) is 1. The van der Waals surface area contributed by atoms with Crippen LogP contribution in [-0.2, 0) is 15.2 Å². The molecule has 1 heterocycles. The number of amides is 2. The van der Waals surface area contributed by atoms with Gasteiger partial charge in [-0.1, -0.05) is 49.6 Å². The van der Waals surface area contributed by atoms with E-state index in [1.165, 1.54) is 23.1 Å². The molecule has 1 atom stereocenters. The molecule has 1 unspecified atom stereocenters. The highest BCUT2D eigenvalue weighted by Crippen LogP contribution is 2.44. The van der Waals surface area contributed by atoms with Crippen molar-refractivity contribution >= 4 is 23.2 Å². The monoisotopic (exact) mass is 409 g/mol. The summed E-state index contributed by atoms with van der Waals surface area (Å²) in [5.74, 6) is -1.29. The fourth-order valence-electron chi connectivity index (χ4n) is 4.28.